The normalized spacial score (nSPS) is 11.9. The molecular formula is C51H24B6N4O2. The molecule has 4 aromatic heterocycles. The van der Waals surface area contributed by atoms with Crippen molar-refractivity contribution in [3.8, 4) is 51.0 Å². The molecule has 8 aromatic carbocycles. The zero-order valence-corrected chi connectivity index (χ0v) is 33.4. The van der Waals surface area contributed by atoms with Crippen LogP contribution in [0, 0.1) is 0 Å². The van der Waals surface area contributed by atoms with Gasteiger partial charge < -0.3 is 13.4 Å². The number of rotatable bonds is 5. The minimum Gasteiger partial charge on any atom is -0.457 e. The van der Waals surface area contributed by atoms with Gasteiger partial charge in [-0.25, -0.2) is 15.0 Å². The van der Waals surface area contributed by atoms with E-state index in [9.17, 15) is 0 Å². The van der Waals surface area contributed by atoms with E-state index in [0.29, 0.717) is 39.3 Å². The second-order valence-corrected chi connectivity index (χ2v) is 15.6. The van der Waals surface area contributed by atoms with Crippen molar-refractivity contribution in [1.82, 2.24) is 19.5 Å². The molecule has 0 fully saturated rings. The van der Waals surface area contributed by atoms with Crippen LogP contribution in [-0.2, 0) is 0 Å². The van der Waals surface area contributed by atoms with Crippen molar-refractivity contribution in [2.45, 2.75) is 0 Å². The van der Waals surface area contributed by atoms with Crippen LogP contribution < -0.4 is 32.8 Å². The van der Waals surface area contributed by atoms with E-state index in [1.54, 1.807) is 0 Å². The molecule has 0 spiro atoms. The first-order valence-corrected chi connectivity index (χ1v) is 20.3. The van der Waals surface area contributed by atoms with Gasteiger partial charge in [0.05, 0.1) is 22.1 Å². The quantitative estimate of drug-likeness (QED) is 0.195. The van der Waals surface area contributed by atoms with Crippen LogP contribution in [0.3, 0.4) is 0 Å². The second kappa shape index (κ2) is 14.0. The minimum absolute atomic E-state index is 0.138. The van der Waals surface area contributed by atoms with Crippen molar-refractivity contribution in [2.75, 3.05) is 0 Å². The van der Waals surface area contributed by atoms with Gasteiger partial charge in [-0.3, -0.25) is 0 Å². The van der Waals surface area contributed by atoms with Gasteiger partial charge in [-0.1, -0.05) is 131 Å². The fourth-order valence-corrected chi connectivity index (χ4v) is 9.07. The molecule has 63 heavy (non-hydrogen) atoms. The molecule has 12 rings (SSSR count). The summed E-state index contributed by atoms with van der Waals surface area (Å²) in [4.78, 5) is 15.1. The Morgan fingerprint density at radius 3 is 1.67 bits per heavy atom. The molecule has 0 aliphatic rings. The molecule has 6 nitrogen and oxygen atoms in total. The summed E-state index contributed by atoms with van der Waals surface area (Å²) < 4.78 is 15.0. The highest BCUT2D eigenvalue weighted by molar-refractivity contribution is 6.64. The number of hydrogen-bond donors (Lipinski definition) is 0. The number of furan rings is 2. The highest BCUT2D eigenvalue weighted by atomic mass is 16.3. The number of hydrogen-bond acceptors (Lipinski definition) is 5. The molecule has 0 saturated carbocycles. The summed E-state index contributed by atoms with van der Waals surface area (Å²) in [5.41, 5.74) is 9.03. The fraction of sp³-hybridized carbons (Fsp3) is 0. The van der Waals surface area contributed by atoms with Crippen LogP contribution >= 0.6 is 0 Å². The van der Waals surface area contributed by atoms with Crippen LogP contribution in [0.1, 0.15) is 0 Å². The van der Waals surface area contributed by atoms with E-state index < -0.39 is 0 Å². The molecule has 0 saturated heterocycles. The lowest BCUT2D eigenvalue weighted by Crippen LogP contribution is -2.41. The van der Waals surface area contributed by atoms with Gasteiger partial charge in [0, 0.05) is 43.6 Å². The van der Waals surface area contributed by atoms with E-state index in [2.05, 4.69) is 28.8 Å². The topological polar surface area (TPSA) is 69.9 Å². The Labute approximate surface area is 368 Å². The predicted octanol–water partition coefficient (Wildman–Crippen LogP) is 6.20. The number of nitrogens with zero attached hydrogens (tertiary/aromatic N) is 4. The average Bonchev–Trinajstić information content (AvgIpc) is 4.01. The zero-order chi connectivity index (χ0) is 42.7. The van der Waals surface area contributed by atoms with Gasteiger partial charge in [0.2, 0.25) is 0 Å². The Morgan fingerprint density at radius 2 is 0.937 bits per heavy atom. The van der Waals surface area contributed by atoms with Crippen LogP contribution in [0.4, 0.5) is 0 Å². The first-order chi connectivity index (χ1) is 30.7. The maximum atomic E-state index is 7.20. The smallest absolute Gasteiger partial charge is 0.164 e. The van der Waals surface area contributed by atoms with Crippen molar-refractivity contribution in [3.63, 3.8) is 0 Å². The van der Waals surface area contributed by atoms with Crippen LogP contribution in [0.25, 0.3) is 117 Å². The maximum absolute atomic E-state index is 7.20. The summed E-state index contributed by atoms with van der Waals surface area (Å²) in [7, 11) is 41.9. The van der Waals surface area contributed by atoms with Crippen LogP contribution in [0.2, 0.25) is 0 Å². The summed E-state index contributed by atoms with van der Waals surface area (Å²) in [5.74, 6) is 0.935. The third-order valence-electron chi connectivity index (χ3n) is 12.1. The van der Waals surface area contributed by atoms with Crippen molar-refractivity contribution >= 4 is 146 Å². The molecule has 0 amide bonds. The lowest BCUT2D eigenvalue weighted by Gasteiger charge is -2.19. The van der Waals surface area contributed by atoms with E-state index in [1.807, 2.05) is 121 Å². The molecule has 0 aliphatic heterocycles. The Balaban J connectivity index is 1.13. The Bertz CT molecular complexity index is 3840. The van der Waals surface area contributed by atoms with Crippen LogP contribution in [-0.4, -0.2) is 66.6 Å². The van der Waals surface area contributed by atoms with Gasteiger partial charge in [0.25, 0.3) is 0 Å². The van der Waals surface area contributed by atoms with E-state index >= 15 is 0 Å². The van der Waals surface area contributed by atoms with Crippen molar-refractivity contribution in [1.29, 1.82) is 0 Å². The lowest BCUT2D eigenvalue weighted by atomic mass is 9.68. The summed E-state index contributed by atoms with van der Waals surface area (Å²) in [5, 5.41) is 4.96. The van der Waals surface area contributed by atoms with E-state index in [1.165, 1.54) is 0 Å². The monoisotopic (exact) mass is 790 g/mol. The SMILES string of the molecule is [B]c1c([B])c(-n2c3ccccc3c3ccccc32)c2c(oc3c([B])c(-c4nc(-c5cccc(-c6ccccc6)c5)nc(-c5ccc6c(c5)oc5ccccc56)n4)c([B])c([B])c32)c1[B]. The van der Waals surface area contributed by atoms with Crippen LogP contribution in [0.15, 0.2) is 154 Å². The highest BCUT2D eigenvalue weighted by Crippen LogP contribution is 2.38. The fourth-order valence-electron chi connectivity index (χ4n) is 9.07. The van der Waals surface area contributed by atoms with Gasteiger partial charge in [-0.2, -0.15) is 0 Å². The number of aromatic nitrogens is 4. The minimum atomic E-state index is 0.138. The number of benzene rings is 8. The number of para-hydroxylation sites is 3. The van der Waals surface area contributed by atoms with E-state index in [-0.39, 0.29) is 55.3 Å². The maximum Gasteiger partial charge on any atom is 0.164 e. The molecule has 12 radical (unpaired) electrons. The summed E-state index contributed by atoms with van der Waals surface area (Å²) in [6.07, 6.45) is 0. The zero-order valence-electron chi connectivity index (χ0n) is 33.4. The Morgan fingerprint density at radius 1 is 0.365 bits per heavy atom. The summed E-state index contributed by atoms with van der Waals surface area (Å²) in [6, 6.07) is 48.0. The van der Waals surface area contributed by atoms with Crippen molar-refractivity contribution in [2.24, 2.45) is 0 Å². The molecule has 0 N–H and O–H groups in total. The first-order valence-electron chi connectivity index (χ1n) is 20.3. The number of fused-ring (bicyclic) bond motifs is 9. The molecule has 12 aromatic rings. The van der Waals surface area contributed by atoms with Gasteiger partial charge in [0.1, 0.15) is 69.4 Å². The molecule has 0 bridgehead atoms. The van der Waals surface area contributed by atoms with E-state index in [0.717, 1.165) is 54.9 Å². The first kappa shape index (κ1) is 37.3. The molecule has 0 aliphatic carbocycles. The molecular weight excluding hydrogens is 765 g/mol. The van der Waals surface area contributed by atoms with Gasteiger partial charge >= 0.3 is 0 Å². The van der Waals surface area contributed by atoms with Crippen LogP contribution in [0.5, 0.6) is 0 Å². The molecule has 12 heteroatoms. The Hall–Kier alpha value is -7.44. The third kappa shape index (κ3) is 5.57. The van der Waals surface area contributed by atoms with Gasteiger partial charge in [-0.15, -0.1) is 5.46 Å². The Kier molecular flexibility index (Phi) is 8.32. The average molecular weight is 790 g/mol. The third-order valence-corrected chi connectivity index (χ3v) is 12.1. The summed E-state index contributed by atoms with van der Waals surface area (Å²) in [6.45, 7) is 0. The van der Waals surface area contributed by atoms with Gasteiger partial charge in [0.15, 0.2) is 17.5 Å². The van der Waals surface area contributed by atoms with E-state index in [4.69, 9.17) is 70.9 Å². The molecule has 0 unspecified atom stereocenters. The molecule has 278 valence electrons. The standard InChI is InChI=1S/C51H24B6N4O2/c52-40-37-38-46(61-33-18-7-4-15-29(33)30-16-5-8-19-34(30)61)44(56)43(55)45(57)48(38)63-47(37)42(54)39(41(40)53)51-59-49(27-14-10-13-26(23-27)25-11-2-1-3-12-25)58-50(60-51)28-21-22-32-31-17-6-9-20-35(31)62-36(32)24-28/h1-24H. The largest absolute Gasteiger partial charge is 0.457 e. The summed E-state index contributed by atoms with van der Waals surface area (Å²) >= 11 is 0. The van der Waals surface area contributed by atoms with Gasteiger partial charge in [-0.05, 0) is 53.0 Å². The second-order valence-electron chi connectivity index (χ2n) is 15.6. The highest BCUT2D eigenvalue weighted by Gasteiger charge is 2.27. The predicted molar refractivity (Wildman–Crippen MR) is 263 cm³/mol. The lowest BCUT2D eigenvalue weighted by molar-refractivity contribution is 0.669. The van der Waals surface area contributed by atoms with Crippen molar-refractivity contribution in [3.05, 3.63) is 146 Å². The molecule has 4 heterocycles. The van der Waals surface area contributed by atoms with Crippen molar-refractivity contribution < 1.29 is 8.83 Å². The molecule has 0 atom stereocenters.